The van der Waals surface area contributed by atoms with Gasteiger partial charge in [0, 0.05) is 19.1 Å². The van der Waals surface area contributed by atoms with Crippen molar-refractivity contribution >= 4 is 44.8 Å². The lowest BCUT2D eigenvalue weighted by atomic mass is 10.2. The maximum Gasteiger partial charge on any atom is 0.260 e. The van der Waals surface area contributed by atoms with E-state index < -0.39 is 0 Å². The van der Waals surface area contributed by atoms with E-state index in [1.807, 2.05) is 25.1 Å². The Bertz CT molecular complexity index is 610. The molecule has 1 N–H and O–H groups in total. The normalized spacial score (nSPS) is 10.3. The van der Waals surface area contributed by atoms with Gasteiger partial charge in [-0.25, -0.2) is 0 Å². The quantitative estimate of drug-likeness (QED) is 0.915. The summed E-state index contributed by atoms with van der Waals surface area (Å²) in [5.41, 5.74) is 1.96. The summed E-state index contributed by atoms with van der Waals surface area (Å²) in [4.78, 5) is 14.0. The highest BCUT2D eigenvalue weighted by Gasteiger charge is 2.15. The molecule has 0 aliphatic carbocycles. The lowest BCUT2D eigenvalue weighted by Gasteiger charge is -2.18. The topological polar surface area (TPSA) is 45.5 Å². The Balaban J connectivity index is 2.31. The van der Waals surface area contributed by atoms with Crippen LogP contribution in [0.3, 0.4) is 0 Å². The smallest absolute Gasteiger partial charge is 0.260 e. The first-order valence-electron chi connectivity index (χ1n) is 5.50. The molecule has 100 valence electrons. The van der Waals surface area contributed by atoms with Crippen LogP contribution in [0, 0.1) is 0 Å². The van der Waals surface area contributed by atoms with Crippen molar-refractivity contribution in [1.29, 1.82) is 0 Å². The third kappa shape index (κ3) is 3.11. The molecule has 1 aromatic heterocycles. The van der Waals surface area contributed by atoms with E-state index in [-0.39, 0.29) is 5.91 Å². The Morgan fingerprint density at radius 1 is 1.37 bits per heavy atom. The van der Waals surface area contributed by atoms with Gasteiger partial charge in [-0.3, -0.25) is 4.79 Å². The summed E-state index contributed by atoms with van der Waals surface area (Å²) < 4.78 is 5.45. The summed E-state index contributed by atoms with van der Waals surface area (Å²) in [6.45, 7) is 0. The molecule has 0 aliphatic heterocycles. The number of anilines is 2. The molecule has 0 bridgehead atoms. The zero-order valence-electron chi connectivity index (χ0n) is 10.4. The number of amides is 1. The molecule has 0 saturated heterocycles. The molecule has 0 spiro atoms. The maximum absolute atomic E-state index is 12.1. The summed E-state index contributed by atoms with van der Waals surface area (Å²) in [6.07, 6.45) is 1.45. The molecule has 0 atom stereocenters. The van der Waals surface area contributed by atoms with E-state index in [0.717, 1.165) is 5.69 Å². The second-order valence-electron chi connectivity index (χ2n) is 4.12. The second-order valence-corrected chi connectivity index (χ2v) is 5.27. The van der Waals surface area contributed by atoms with Crippen LogP contribution in [-0.2, 0) is 0 Å². The predicted molar refractivity (Wildman–Crippen MR) is 80.1 cm³/mol. The molecule has 6 heteroatoms. The highest BCUT2D eigenvalue weighted by molar-refractivity contribution is 9.10. The molecular formula is C13H12BrClN2O2. The van der Waals surface area contributed by atoms with E-state index in [4.69, 9.17) is 16.0 Å². The van der Waals surface area contributed by atoms with E-state index in [0.29, 0.717) is 20.9 Å². The highest BCUT2D eigenvalue weighted by Crippen LogP contribution is 2.29. The van der Waals surface area contributed by atoms with Crippen LogP contribution in [0.1, 0.15) is 10.4 Å². The second kappa shape index (κ2) is 5.67. The molecule has 0 unspecified atom stereocenters. The van der Waals surface area contributed by atoms with Crippen LogP contribution in [0.25, 0.3) is 0 Å². The van der Waals surface area contributed by atoms with Gasteiger partial charge in [0.2, 0.25) is 0 Å². The van der Waals surface area contributed by atoms with E-state index in [1.165, 1.54) is 6.26 Å². The lowest BCUT2D eigenvalue weighted by molar-refractivity contribution is 0.102. The standard InChI is InChI=1S/C13H12BrClN2O2/c1-17(2)11-4-3-8(15)7-10(11)16-13(18)9-5-6-19-12(9)14/h3-7H,1-2H3,(H,16,18). The van der Waals surface area contributed by atoms with Gasteiger partial charge in [0.25, 0.3) is 5.91 Å². The van der Waals surface area contributed by atoms with E-state index in [1.54, 1.807) is 18.2 Å². The van der Waals surface area contributed by atoms with Gasteiger partial charge in [-0.2, -0.15) is 0 Å². The highest BCUT2D eigenvalue weighted by atomic mass is 79.9. The molecule has 19 heavy (non-hydrogen) atoms. The number of nitrogens with zero attached hydrogens (tertiary/aromatic N) is 1. The van der Waals surface area contributed by atoms with Gasteiger partial charge in [0.05, 0.1) is 23.2 Å². The molecule has 2 rings (SSSR count). The number of furan rings is 1. The molecule has 1 amide bonds. The monoisotopic (exact) mass is 342 g/mol. The zero-order chi connectivity index (χ0) is 14.0. The van der Waals surface area contributed by atoms with Crippen LogP contribution in [0.5, 0.6) is 0 Å². The van der Waals surface area contributed by atoms with E-state index in [9.17, 15) is 4.79 Å². The average Bonchev–Trinajstić information content (AvgIpc) is 2.75. The van der Waals surface area contributed by atoms with Crippen molar-refractivity contribution in [3.05, 3.63) is 45.8 Å². The first-order chi connectivity index (χ1) is 8.99. The lowest BCUT2D eigenvalue weighted by Crippen LogP contribution is -2.16. The van der Waals surface area contributed by atoms with Crippen molar-refractivity contribution in [3.63, 3.8) is 0 Å². The third-order valence-electron chi connectivity index (χ3n) is 2.55. The molecule has 0 radical (unpaired) electrons. The van der Waals surface area contributed by atoms with Gasteiger partial charge in [-0.05, 0) is 40.2 Å². The SMILES string of the molecule is CN(C)c1ccc(Cl)cc1NC(=O)c1ccoc1Br. The van der Waals surface area contributed by atoms with Gasteiger partial charge in [0.15, 0.2) is 4.67 Å². The Hall–Kier alpha value is -1.46. The van der Waals surface area contributed by atoms with Crippen LogP contribution >= 0.6 is 27.5 Å². The van der Waals surface area contributed by atoms with Crippen LogP contribution < -0.4 is 10.2 Å². The summed E-state index contributed by atoms with van der Waals surface area (Å²) in [6, 6.07) is 6.94. The minimum absolute atomic E-state index is 0.258. The molecule has 2 aromatic rings. The number of hydrogen-bond acceptors (Lipinski definition) is 3. The minimum atomic E-state index is -0.258. The fourth-order valence-corrected chi connectivity index (χ4v) is 2.24. The van der Waals surface area contributed by atoms with Gasteiger partial charge >= 0.3 is 0 Å². The molecule has 4 nitrogen and oxygen atoms in total. The fraction of sp³-hybridized carbons (Fsp3) is 0.154. The van der Waals surface area contributed by atoms with Crippen LogP contribution in [0.15, 0.2) is 39.6 Å². The maximum atomic E-state index is 12.1. The Morgan fingerprint density at radius 2 is 2.11 bits per heavy atom. The summed E-state index contributed by atoms with van der Waals surface area (Å²) in [5.74, 6) is -0.258. The summed E-state index contributed by atoms with van der Waals surface area (Å²) in [7, 11) is 3.79. The number of benzene rings is 1. The molecular weight excluding hydrogens is 332 g/mol. The molecule has 1 heterocycles. The number of halogens is 2. The molecule has 0 fully saturated rings. The van der Waals surface area contributed by atoms with Gasteiger partial charge in [-0.15, -0.1) is 0 Å². The van der Waals surface area contributed by atoms with E-state index in [2.05, 4.69) is 21.2 Å². The number of carbonyl (C=O) groups excluding carboxylic acids is 1. The molecule has 1 aromatic carbocycles. The molecule has 0 aliphatic rings. The number of rotatable bonds is 3. The zero-order valence-corrected chi connectivity index (χ0v) is 12.7. The average molecular weight is 344 g/mol. The Morgan fingerprint density at radius 3 is 2.68 bits per heavy atom. The predicted octanol–water partition coefficient (Wildman–Crippen LogP) is 4.01. The van der Waals surface area contributed by atoms with Gasteiger partial charge in [0.1, 0.15) is 0 Å². The number of nitrogens with one attached hydrogen (secondary N) is 1. The number of hydrogen-bond donors (Lipinski definition) is 1. The van der Waals surface area contributed by atoms with Gasteiger partial charge in [-0.1, -0.05) is 11.6 Å². The first-order valence-corrected chi connectivity index (χ1v) is 6.67. The largest absolute Gasteiger partial charge is 0.457 e. The van der Waals surface area contributed by atoms with Crippen molar-refractivity contribution in [2.75, 3.05) is 24.3 Å². The van der Waals surface area contributed by atoms with Crippen molar-refractivity contribution in [2.45, 2.75) is 0 Å². The summed E-state index contributed by atoms with van der Waals surface area (Å²) in [5, 5.41) is 3.38. The van der Waals surface area contributed by atoms with Crippen molar-refractivity contribution < 1.29 is 9.21 Å². The fourth-order valence-electron chi connectivity index (χ4n) is 1.64. The van der Waals surface area contributed by atoms with Crippen molar-refractivity contribution in [1.82, 2.24) is 0 Å². The number of carbonyl (C=O) groups is 1. The van der Waals surface area contributed by atoms with E-state index >= 15 is 0 Å². The van der Waals surface area contributed by atoms with Crippen LogP contribution in [0.4, 0.5) is 11.4 Å². The molecule has 0 saturated carbocycles. The minimum Gasteiger partial charge on any atom is -0.457 e. The Labute approximate surface area is 124 Å². The van der Waals surface area contributed by atoms with Crippen molar-refractivity contribution in [3.8, 4) is 0 Å². The van der Waals surface area contributed by atoms with Crippen molar-refractivity contribution in [2.24, 2.45) is 0 Å². The van der Waals surface area contributed by atoms with Gasteiger partial charge < -0.3 is 14.6 Å². The van der Waals surface area contributed by atoms with Crippen LogP contribution in [-0.4, -0.2) is 20.0 Å². The Kier molecular flexibility index (Phi) is 4.17. The third-order valence-corrected chi connectivity index (χ3v) is 3.40. The van der Waals surface area contributed by atoms with Crippen LogP contribution in [0.2, 0.25) is 5.02 Å². The first kappa shape index (κ1) is 14.0. The summed E-state index contributed by atoms with van der Waals surface area (Å²) >= 11 is 9.14.